The van der Waals surface area contributed by atoms with Gasteiger partial charge >= 0.3 is 5.97 Å². The number of carbonyl (C=O) groups excluding carboxylic acids is 1. The molecule has 1 atom stereocenters. The van der Waals surface area contributed by atoms with Crippen LogP contribution < -0.4 is 0 Å². The van der Waals surface area contributed by atoms with Crippen LogP contribution in [0, 0.1) is 0 Å². The number of aryl methyl sites for hydroxylation is 1. The van der Waals surface area contributed by atoms with E-state index in [-0.39, 0.29) is 37.6 Å². The number of hydrogen-bond donors (Lipinski definition) is 1. The molecule has 132 valence electrons. The molecule has 2 aromatic rings. The van der Waals surface area contributed by atoms with Gasteiger partial charge in [-0.3, -0.25) is 4.79 Å². The van der Waals surface area contributed by atoms with Crippen molar-refractivity contribution >= 4 is 23.5 Å². The number of halogens is 2. The number of carboxylic acids is 1. The summed E-state index contributed by atoms with van der Waals surface area (Å²) in [5.41, 5.74) is -1.63. The fourth-order valence-electron chi connectivity index (χ4n) is 2.60. The highest BCUT2D eigenvalue weighted by Crippen LogP contribution is 2.26. The van der Waals surface area contributed by atoms with Crippen LogP contribution in [0.15, 0.2) is 28.8 Å². The Labute approximate surface area is 147 Å². The van der Waals surface area contributed by atoms with Crippen molar-refractivity contribution in [2.75, 3.05) is 13.1 Å². The standard InChI is InChI=1S/C16H15ClFN3O4/c17-11-3-1-10(2-4-11)14-19-12(25-20-14)5-6-13(22)21-8-7-16(18,9-21)15(23)24/h1-4H,5-9H2,(H,23,24). The molecular weight excluding hydrogens is 353 g/mol. The van der Waals surface area contributed by atoms with Crippen LogP contribution in [0.25, 0.3) is 11.4 Å². The number of nitrogens with zero attached hydrogens (tertiary/aromatic N) is 3. The number of rotatable bonds is 5. The van der Waals surface area contributed by atoms with Gasteiger partial charge in [0.15, 0.2) is 0 Å². The Morgan fingerprint density at radius 3 is 2.72 bits per heavy atom. The molecule has 1 fully saturated rings. The Kier molecular flexibility index (Phi) is 4.71. The van der Waals surface area contributed by atoms with Crippen LogP contribution in [0.1, 0.15) is 18.7 Å². The Morgan fingerprint density at radius 2 is 2.08 bits per heavy atom. The van der Waals surface area contributed by atoms with Crippen LogP contribution in [0.5, 0.6) is 0 Å². The van der Waals surface area contributed by atoms with Gasteiger partial charge in [0.2, 0.25) is 23.3 Å². The maximum Gasteiger partial charge on any atom is 0.343 e. The fourth-order valence-corrected chi connectivity index (χ4v) is 2.73. The van der Waals surface area contributed by atoms with Crippen molar-refractivity contribution in [2.24, 2.45) is 0 Å². The van der Waals surface area contributed by atoms with Crippen molar-refractivity contribution in [1.29, 1.82) is 0 Å². The highest BCUT2D eigenvalue weighted by atomic mass is 35.5. The number of aromatic nitrogens is 2. The minimum absolute atomic E-state index is 0.0396. The molecule has 1 saturated heterocycles. The van der Waals surface area contributed by atoms with E-state index in [2.05, 4.69) is 10.1 Å². The molecule has 1 aromatic carbocycles. The third-order valence-electron chi connectivity index (χ3n) is 4.08. The normalized spacial score (nSPS) is 20.0. The molecule has 2 heterocycles. The average Bonchev–Trinajstić information content (AvgIpc) is 3.21. The van der Waals surface area contributed by atoms with E-state index in [1.165, 1.54) is 4.90 Å². The molecule has 3 rings (SSSR count). The molecule has 0 saturated carbocycles. The number of alkyl halides is 1. The van der Waals surface area contributed by atoms with Crippen LogP contribution in [0.4, 0.5) is 4.39 Å². The van der Waals surface area contributed by atoms with E-state index in [1.807, 2.05) is 0 Å². The Bertz CT molecular complexity index is 795. The summed E-state index contributed by atoms with van der Waals surface area (Å²) in [5, 5.41) is 13.3. The first kappa shape index (κ1) is 17.3. The van der Waals surface area contributed by atoms with Gasteiger partial charge in [-0.05, 0) is 24.3 Å². The summed E-state index contributed by atoms with van der Waals surface area (Å²) < 4.78 is 19.1. The molecule has 1 unspecified atom stereocenters. The van der Waals surface area contributed by atoms with Gasteiger partial charge in [0.05, 0.1) is 6.54 Å². The number of hydrogen-bond acceptors (Lipinski definition) is 5. The first-order valence-electron chi connectivity index (χ1n) is 7.66. The molecule has 1 aromatic heterocycles. The lowest BCUT2D eigenvalue weighted by Gasteiger charge is -2.17. The zero-order chi connectivity index (χ0) is 18.0. The summed E-state index contributed by atoms with van der Waals surface area (Å²) in [7, 11) is 0. The highest BCUT2D eigenvalue weighted by Gasteiger charge is 2.46. The van der Waals surface area contributed by atoms with E-state index in [9.17, 15) is 14.0 Å². The lowest BCUT2D eigenvalue weighted by Crippen LogP contribution is -2.38. The molecule has 1 amide bonds. The second-order valence-electron chi connectivity index (χ2n) is 5.85. The highest BCUT2D eigenvalue weighted by molar-refractivity contribution is 6.30. The largest absolute Gasteiger partial charge is 0.479 e. The quantitative estimate of drug-likeness (QED) is 0.871. The van der Waals surface area contributed by atoms with Gasteiger partial charge in [0.25, 0.3) is 0 Å². The topological polar surface area (TPSA) is 96.5 Å². The summed E-state index contributed by atoms with van der Waals surface area (Å²) >= 11 is 5.82. The van der Waals surface area contributed by atoms with Crippen LogP contribution in [0.2, 0.25) is 5.02 Å². The predicted octanol–water partition coefficient (Wildman–Crippen LogP) is 2.35. The van der Waals surface area contributed by atoms with Crippen LogP contribution in [0.3, 0.4) is 0 Å². The summed E-state index contributed by atoms with van der Waals surface area (Å²) in [5.74, 6) is -1.21. The van der Waals surface area contributed by atoms with Gasteiger partial charge in [-0.15, -0.1) is 0 Å². The minimum atomic E-state index is -2.36. The molecule has 9 heteroatoms. The number of carbonyl (C=O) groups is 2. The lowest BCUT2D eigenvalue weighted by atomic mass is 10.1. The first-order valence-corrected chi connectivity index (χ1v) is 8.04. The predicted molar refractivity (Wildman–Crippen MR) is 85.7 cm³/mol. The lowest BCUT2D eigenvalue weighted by molar-refractivity contribution is -0.150. The van der Waals surface area contributed by atoms with Crippen molar-refractivity contribution in [1.82, 2.24) is 15.0 Å². The molecule has 0 radical (unpaired) electrons. The Hall–Kier alpha value is -2.48. The third kappa shape index (κ3) is 3.79. The van der Waals surface area contributed by atoms with Gasteiger partial charge in [0.1, 0.15) is 0 Å². The van der Waals surface area contributed by atoms with Crippen LogP contribution in [-0.4, -0.2) is 50.8 Å². The van der Waals surface area contributed by atoms with Crippen molar-refractivity contribution < 1.29 is 23.6 Å². The third-order valence-corrected chi connectivity index (χ3v) is 4.33. The van der Waals surface area contributed by atoms with Crippen molar-refractivity contribution in [3.8, 4) is 11.4 Å². The van der Waals surface area contributed by atoms with E-state index in [0.29, 0.717) is 10.8 Å². The molecule has 25 heavy (non-hydrogen) atoms. The van der Waals surface area contributed by atoms with E-state index in [1.54, 1.807) is 24.3 Å². The van der Waals surface area contributed by atoms with Gasteiger partial charge in [-0.25, -0.2) is 9.18 Å². The molecule has 1 N–H and O–H groups in total. The minimum Gasteiger partial charge on any atom is -0.479 e. The zero-order valence-corrected chi connectivity index (χ0v) is 13.9. The van der Waals surface area contributed by atoms with Crippen molar-refractivity contribution in [2.45, 2.75) is 24.9 Å². The van der Waals surface area contributed by atoms with E-state index >= 15 is 0 Å². The molecule has 1 aliphatic rings. The number of benzene rings is 1. The van der Waals surface area contributed by atoms with Crippen molar-refractivity contribution in [3.63, 3.8) is 0 Å². The monoisotopic (exact) mass is 367 g/mol. The summed E-state index contributed by atoms with van der Waals surface area (Å²) in [4.78, 5) is 28.4. The molecule has 7 nitrogen and oxygen atoms in total. The van der Waals surface area contributed by atoms with Crippen LogP contribution >= 0.6 is 11.6 Å². The SMILES string of the molecule is O=C(CCc1nc(-c2ccc(Cl)cc2)no1)N1CCC(F)(C(=O)O)C1. The summed E-state index contributed by atoms with van der Waals surface area (Å²) in [6.45, 7) is -0.345. The second kappa shape index (κ2) is 6.79. The number of aliphatic carboxylic acids is 1. The second-order valence-corrected chi connectivity index (χ2v) is 6.29. The number of amides is 1. The Balaban J connectivity index is 1.57. The average molecular weight is 368 g/mol. The molecular formula is C16H15ClFN3O4. The van der Waals surface area contributed by atoms with Gasteiger partial charge in [-0.1, -0.05) is 16.8 Å². The van der Waals surface area contributed by atoms with Gasteiger partial charge in [-0.2, -0.15) is 4.98 Å². The van der Waals surface area contributed by atoms with Gasteiger partial charge < -0.3 is 14.5 Å². The summed E-state index contributed by atoms with van der Waals surface area (Å²) in [6, 6.07) is 6.91. The molecule has 1 aliphatic heterocycles. The fraction of sp³-hybridized carbons (Fsp3) is 0.375. The van der Waals surface area contributed by atoms with Gasteiger partial charge in [0, 0.05) is 36.4 Å². The zero-order valence-electron chi connectivity index (χ0n) is 13.1. The van der Waals surface area contributed by atoms with E-state index in [4.69, 9.17) is 21.2 Å². The van der Waals surface area contributed by atoms with E-state index in [0.717, 1.165) is 5.56 Å². The smallest absolute Gasteiger partial charge is 0.343 e. The van der Waals surface area contributed by atoms with Crippen molar-refractivity contribution in [3.05, 3.63) is 35.2 Å². The van der Waals surface area contributed by atoms with E-state index < -0.39 is 18.2 Å². The maximum absolute atomic E-state index is 14.0. The molecule has 0 spiro atoms. The van der Waals surface area contributed by atoms with Crippen LogP contribution in [-0.2, 0) is 16.0 Å². The Morgan fingerprint density at radius 1 is 1.36 bits per heavy atom. The molecule has 0 bridgehead atoms. The number of carboxylic acid groups (broad SMARTS) is 1. The summed E-state index contributed by atoms with van der Waals surface area (Å²) in [6.07, 6.45) is 0.0373. The first-order chi connectivity index (χ1) is 11.9. The number of likely N-dealkylation sites (tertiary alicyclic amines) is 1. The molecule has 0 aliphatic carbocycles. The maximum atomic E-state index is 14.0.